The Kier molecular flexibility index (Phi) is 4.06. The number of ether oxygens (including phenoxy) is 1. The molecule has 0 unspecified atom stereocenters. The first-order chi connectivity index (χ1) is 9.29. The van der Waals surface area contributed by atoms with E-state index in [9.17, 15) is 8.42 Å². The molecule has 0 aliphatic heterocycles. The third-order valence-electron chi connectivity index (χ3n) is 2.91. The van der Waals surface area contributed by atoms with Crippen LogP contribution in [0.2, 0.25) is 5.02 Å². The van der Waals surface area contributed by atoms with E-state index in [1.807, 2.05) is 13.0 Å². The molecule has 0 aliphatic rings. The molecule has 106 valence electrons. The monoisotopic (exact) mass is 310 g/mol. The van der Waals surface area contributed by atoms with E-state index >= 15 is 0 Å². The minimum absolute atomic E-state index is 0.277. The first-order valence-corrected chi connectivity index (χ1v) is 8.29. The minimum Gasteiger partial charge on any atom is -0.455 e. The van der Waals surface area contributed by atoms with Crippen LogP contribution in [0.3, 0.4) is 0 Å². The summed E-state index contributed by atoms with van der Waals surface area (Å²) in [5.41, 5.74) is 1.40. The molecule has 0 spiro atoms. The Bertz CT molecular complexity index is 752. The molecule has 0 bridgehead atoms. The lowest BCUT2D eigenvalue weighted by molar-refractivity contribution is 0.476. The van der Waals surface area contributed by atoms with Crippen LogP contribution in [0.4, 0.5) is 0 Å². The van der Waals surface area contributed by atoms with Crippen LogP contribution in [0.25, 0.3) is 0 Å². The van der Waals surface area contributed by atoms with Crippen molar-refractivity contribution >= 4 is 21.4 Å². The van der Waals surface area contributed by atoms with Crippen molar-refractivity contribution in [2.75, 3.05) is 6.26 Å². The summed E-state index contributed by atoms with van der Waals surface area (Å²) in [7, 11) is -3.29. The number of hydrogen-bond acceptors (Lipinski definition) is 3. The molecule has 0 amide bonds. The van der Waals surface area contributed by atoms with Crippen LogP contribution in [0.15, 0.2) is 41.3 Å². The van der Waals surface area contributed by atoms with E-state index in [0.29, 0.717) is 22.1 Å². The minimum atomic E-state index is -3.29. The molecule has 2 aromatic carbocycles. The van der Waals surface area contributed by atoms with Crippen molar-refractivity contribution in [2.24, 2.45) is 0 Å². The maximum Gasteiger partial charge on any atom is 0.175 e. The molecular formula is C15H15ClO3S. The molecule has 0 N–H and O–H groups in total. The Morgan fingerprint density at radius 3 is 2.30 bits per heavy atom. The predicted octanol–water partition coefficient (Wildman–Crippen LogP) is 4.15. The van der Waals surface area contributed by atoms with Gasteiger partial charge in [-0.25, -0.2) is 8.42 Å². The Balaban J connectivity index is 2.54. The highest BCUT2D eigenvalue weighted by atomic mass is 35.5. The first-order valence-electron chi connectivity index (χ1n) is 6.02. The first kappa shape index (κ1) is 14.9. The fraction of sp³-hybridized carbons (Fsp3) is 0.200. The van der Waals surface area contributed by atoms with Crippen LogP contribution in [0, 0.1) is 13.8 Å². The molecule has 0 fully saturated rings. The van der Waals surface area contributed by atoms with Crippen molar-refractivity contribution in [2.45, 2.75) is 18.7 Å². The Morgan fingerprint density at radius 2 is 1.70 bits per heavy atom. The number of halogens is 1. The van der Waals surface area contributed by atoms with E-state index in [2.05, 4.69) is 0 Å². The standard InChI is InChI=1S/C15H15ClO3S/c1-10-8-14(11(2)15(9-10)20(3,17)18)19-13-7-5-4-6-12(13)16/h4-9H,1-3H3. The fourth-order valence-electron chi connectivity index (χ4n) is 1.93. The van der Waals surface area contributed by atoms with Gasteiger partial charge in [-0.05, 0) is 43.7 Å². The van der Waals surface area contributed by atoms with Crippen molar-refractivity contribution in [3.63, 3.8) is 0 Å². The van der Waals surface area contributed by atoms with Crippen LogP contribution >= 0.6 is 11.6 Å². The van der Waals surface area contributed by atoms with E-state index in [-0.39, 0.29) is 4.90 Å². The number of aryl methyl sites for hydroxylation is 1. The van der Waals surface area contributed by atoms with Gasteiger partial charge in [0.15, 0.2) is 9.84 Å². The SMILES string of the molecule is Cc1cc(Oc2ccccc2Cl)c(C)c(S(C)(=O)=O)c1. The summed E-state index contributed by atoms with van der Waals surface area (Å²) in [6.07, 6.45) is 1.19. The highest BCUT2D eigenvalue weighted by molar-refractivity contribution is 7.90. The molecule has 5 heteroatoms. The topological polar surface area (TPSA) is 43.4 Å². The van der Waals surface area contributed by atoms with E-state index < -0.39 is 9.84 Å². The van der Waals surface area contributed by atoms with E-state index in [1.54, 1.807) is 37.3 Å². The summed E-state index contributed by atoms with van der Waals surface area (Å²) < 4.78 is 29.4. The maximum atomic E-state index is 11.8. The second-order valence-corrected chi connectivity index (χ2v) is 7.08. The van der Waals surface area contributed by atoms with Crippen molar-refractivity contribution in [1.29, 1.82) is 0 Å². The zero-order valence-electron chi connectivity index (χ0n) is 11.5. The summed E-state index contributed by atoms with van der Waals surface area (Å²) >= 11 is 6.05. The zero-order chi connectivity index (χ0) is 14.9. The van der Waals surface area contributed by atoms with Gasteiger partial charge in [-0.15, -0.1) is 0 Å². The molecule has 2 rings (SSSR count). The Morgan fingerprint density at radius 1 is 1.05 bits per heavy atom. The maximum absolute atomic E-state index is 11.8. The summed E-state index contributed by atoms with van der Waals surface area (Å²) in [6.45, 7) is 3.55. The molecule has 20 heavy (non-hydrogen) atoms. The molecule has 0 radical (unpaired) electrons. The smallest absolute Gasteiger partial charge is 0.175 e. The molecule has 0 aromatic heterocycles. The quantitative estimate of drug-likeness (QED) is 0.855. The van der Waals surface area contributed by atoms with Crippen LogP contribution in [0.5, 0.6) is 11.5 Å². The van der Waals surface area contributed by atoms with E-state index in [0.717, 1.165) is 5.56 Å². The van der Waals surface area contributed by atoms with Crippen molar-refractivity contribution in [3.8, 4) is 11.5 Å². The average molecular weight is 311 g/mol. The molecule has 0 saturated carbocycles. The summed E-state index contributed by atoms with van der Waals surface area (Å²) in [6, 6.07) is 10.5. The van der Waals surface area contributed by atoms with Gasteiger partial charge in [-0.1, -0.05) is 23.7 Å². The molecular weight excluding hydrogens is 296 g/mol. The van der Waals surface area contributed by atoms with Crippen LogP contribution in [-0.4, -0.2) is 14.7 Å². The zero-order valence-corrected chi connectivity index (χ0v) is 13.0. The van der Waals surface area contributed by atoms with Gasteiger partial charge in [0.2, 0.25) is 0 Å². The molecule has 0 atom stereocenters. The second kappa shape index (κ2) is 5.46. The molecule has 0 heterocycles. The third-order valence-corrected chi connectivity index (χ3v) is 4.45. The fourth-order valence-corrected chi connectivity index (χ4v) is 3.16. The van der Waals surface area contributed by atoms with Gasteiger partial charge in [0, 0.05) is 11.8 Å². The van der Waals surface area contributed by atoms with Gasteiger partial charge in [0.1, 0.15) is 11.5 Å². The predicted molar refractivity (Wildman–Crippen MR) is 80.6 cm³/mol. The van der Waals surface area contributed by atoms with Gasteiger partial charge >= 0.3 is 0 Å². The summed E-state index contributed by atoms with van der Waals surface area (Å²) in [5.74, 6) is 1.00. The lowest BCUT2D eigenvalue weighted by atomic mass is 10.1. The number of sulfone groups is 1. The van der Waals surface area contributed by atoms with E-state index in [1.165, 1.54) is 6.26 Å². The molecule has 3 nitrogen and oxygen atoms in total. The number of rotatable bonds is 3. The van der Waals surface area contributed by atoms with Crippen LogP contribution in [-0.2, 0) is 9.84 Å². The van der Waals surface area contributed by atoms with Gasteiger partial charge in [-0.2, -0.15) is 0 Å². The highest BCUT2D eigenvalue weighted by Crippen LogP contribution is 2.34. The van der Waals surface area contributed by atoms with Gasteiger partial charge in [0.25, 0.3) is 0 Å². The molecule has 0 saturated heterocycles. The normalized spacial score (nSPS) is 11.4. The lowest BCUT2D eigenvalue weighted by Crippen LogP contribution is -2.02. The average Bonchev–Trinajstić information content (AvgIpc) is 2.34. The molecule has 0 aliphatic carbocycles. The van der Waals surface area contributed by atoms with Crippen LogP contribution < -0.4 is 4.74 Å². The lowest BCUT2D eigenvalue weighted by Gasteiger charge is -2.13. The largest absolute Gasteiger partial charge is 0.455 e. The van der Waals surface area contributed by atoms with Gasteiger partial charge in [0.05, 0.1) is 9.92 Å². The van der Waals surface area contributed by atoms with E-state index in [4.69, 9.17) is 16.3 Å². The summed E-state index contributed by atoms with van der Waals surface area (Å²) in [4.78, 5) is 0.277. The van der Waals surface area contributed by atoms with Gasteiger partial charge < -0.3 is 4.74 Å². The third kappa shape index (κ3) is 3.14. The number of hydrogen-bond donors (Lipinski definition) is 0. The van der Waals surface area contributed by atoms with Crippen molar-refractivity contribution in [3.05, 3.63) is 52.5 Å². The molecule has 2 aromatic rings. The number of para-hydroxylation sites is 1. The number of benzene rings is 2. The Labute approximate surface area is 124 Å². The highest BCUT2D eigenvalue weighted by Gasteiger charge is 2.16. The van der Waals surface area contributed by atoms with Crippen LogP contribution in [0.1, 0.15) is 11.1 Å². The Hall–Kier alpha value is -1.52. The second-order valence-electron chi connectivity index (χ2n) is 4.69. The van der Waals surface area contributed by atoms with Crippen molar-refractivity contribution in [1.82, 2.24) is 0 Å². The van der Waals surface area contributed by atoms with Crippen molar-refractivity contribution < 1.29 is 13.2 Å². The van der Waals surface area contributed by atoms with Gasteiger partial charge in [-0.3, -0.25) is 0 Å². The summed E-state index contributed by atoms with van der Waals surface area (Å²) in [5, 5.41) is 0.481.